The monoisotopic (exact) mass is 496 g/mol. The number of alkyl halides is 3. The van der Waals surface area contributed by atoms with Gasteiger partial charge in [-0.25, -0.2) is 13.6 Å². The van der Waals surface area contributed by atoms with Crippen LogP contribution in [0.1, 0.15) is 29.8 Å². The van der Waals surface area contributed by atoms with Crippen LogP contribution in [-0.4, -0.2) is 40.8 Å². The number of nitrogens with two attached hydrogens (primary N) is 1. The van der Waals surface area contributed by atoms with Crippen molar-refractivity contribution in [3.8, 4) is 5.69 Å². The fraction of sp³-hybridized carbons (Fsp3) is 0.304. The number of anilines is 2. The summed E-state index contributed by atoms with van der Waals surface area (Å²) in [5.41, 5.74) is -0.459. The molecule has 1 aliphatic heterocycles. The van der Waals surface area contributed by atoms with Crippen LogP contribution in [0.4, 0.5) is 33.3 Å². The van der Waals surface area contributed by atoms with E-state index in [1.165, 1.54) is 11.0 Å². The van der Waals surface area contributed by atoms with Crippen LogP contribution in [0.15, 0.2) is 35.3 Å². The van der Waals surface area contributed by atoms with Crippen molar-refractivity contribution in [2.24, 2.45) is 0 Å². The van der Waals surface area contributed by atoms with Crippen molar-refractivity contribution in [3.05, 3.63) is 63.4 Å². The molecule has 0 radical (unpaired) electrons. The molecule has 1 aliphatic rings. The highest BCUT2D eigenvalue weighted by Gasteiger charge is 2.36. The van der Waals surface area contributed by atoms with Gasteiger partial charge in [-0.2, -0.15) is 13.2 Å². The normalized spacial score (nSPS) is 18.8. The number of carbonyl (C=O) groups is 1. The summed E-state index contributed by atoms with van der Waals surface area (Å²) in [5, 5.41) is 11.8. The van der Waals surface area contributed by atoms with Gasteiger partial charge in [0.05, 0.1) is 27.8 Å². The van der Waals surface area contributed by atoms with Crippen LogP contribution in [-0.2, 0) is 6.18 Å². The molecule has 35 heavy (non-hydrogen) atoms. The van der Waals surface area contributed by atoms with Crippen LogP contribution in [0.2, 0.25) is 0 Å². The Hall–Kier alpha value is -3.67. The van der Waals surface area contributed by atoms with Gasteiger partial charge in [-0.15, -0.1) is 0 Å². The van der Waals surface area contributed by atoms with E-state index in [4.69, 9.17) is 5.73 Å². The lowest BCUT2D eigenvalue weighted by Gasteiger charge is -2.38. The molecule has 4 N–H and O–H groups in total. The SMILES string of the molecule is CC1CN(c2c(F)c(N)c3c(=O)c(C(=O)O)cn(-c4ccccc4C(F)(F)F)c3c2F)CC(C)N1. The summed E-state index contributed by atoms with van der Waals surface area (Å²) in [6.45, 7) is 3.88. The zero-order valence-electron chi connectivity index (χ0n) is 18.6. The molecule has 3 aromatic rings. The number of para-hydroxylation sites is 1. The predicted molar refractivity (Wildman–Crippen MR) is 120 cm³/mol. The van der Waals surface area contributed by atoms with Gasteiger partial charge in [0.25, 0.3) is 0 Å². The lowest BCUT2D eigenvalue weighted by molar-refractivity contribution is -0.137. The van der Waals surface area contributed by atoms with E-state index in [2.05, 4.69) is 5.32 Å². The first-order valence-electron chi connectivity index (χ1n) is 10.6. The Morgan fingerprint density at radius 3 is 2.29 bits per heavy atom. The minimum atomic E-state index is -4.90. The van der Waals surface area contributed by atoms with Gasteiger partial charge in [-0.05, 0) is 26.0 Å². The molecule has 1 saturated heterocycles. The number of pyridine rings is 1. The fourth-order valence-electron chi connectivity index (χ4n) is 4.58. The third-order valence-electron chi connectivity index (χ3n) is 5.91. The number of rotatable bonds is 3. The van der Waals surface area contributed by atoms with E-state index in [0.29, 0.717) is 10.8 Å². The third kappa shape index (κ3) is 4.07. The Bertz CT molecular complexity index is 1390. The number of carboxylic acid groups (broad SMARTS) is 1. The summed E-state index contributed by atoms with van der Waals surface area (Å²) in [4.78, 5) is 26.0. The zero-order valence-corrected chi connectivity index (χ0v) is 18.6. The summed E-state index contributed by atoms with van der Waals surface area (Å²) >= 11 is 0. The van der Waals surface area contributed by atoms with Crippen molar-refractivity contribution in [2.45, 2.75) is 32.1 Å². The van der Waals surface area contributed by atoms with Crippen molar-refractivity contribution in [3.63, 3.8) is 0 Å². The van der Waals surface area contributed by atoms with E-state index in [-0.39, 0.29) is 25.2 Å². The number of hydrogen-bond acceptors (Lipinski definition) is 5. The maximum atomic E-state index is 16.1. The maximum absolute atomic E-state index is 16.1. The van der Waals surface area contributed by atoms with Crippen molar-refractivity contribution >= 4 is 28.2 Å². The largest absolute Gasteiger partial charge is 0.477 e. The smallest absolute Gasteiger partial charge is 0.418 e. The lowest BCUT2D eigenvalue weighted by atomic mass is 10.0. The van der Waals surface area contributed by atoms with Crippen LogP contribution in [0.25, 0.3) is 16.6 Å². The number of nitrogen functional groups attached to an aromatic ring is 1. The average molecular weight is 496 g/mol. The fourth-order valence-corrected chi connectivity index (χ4v) is 4.58. The lowest BCUT2D eigenvalue weighted by Crippen LogP contribution is -2.54. The van der Waals surface area contributed by atoms with Crippen LogP contribution in [0.5, 0.6) is 0 Å². The van der Waals surface area contributed by atoms with Crippen molar-refractivity contribution < 1.29 is 31.9 Å². The van der Waals surface area contributed by atoms with Crippen LogP contribution >= 0.6 is 0 Å². The molecule has 7 nitrogen and oxygen atoms in total. The summed E-state index contributed by atoms with van der Waals surface area (Å²) in [6.07, 6.45) is -4.30. The zero-order chi connectivity index (χ0) is 25.8. The number of nitrogens with zero attached hydrogens (tertiary/aromatic N) is 2. The number of hydrogen-bond donors (Lipinski definition) is 3. The average Bonchev–Trinajstić information content (AvgIpc) is 2.76. The number of nitrogens with one attached hydrogen (secondary N) is 1. The molecule has 12 heteroatoms. The van der Waals surface area contributed by atoms with E-state index < -0.39 is 68.3 Å². The minimum absolute atomic E-state index is 0.152. The molecule has 2 atom stereocenters. The number of piperazine rings is 1. The summed E-state index contributed by atoms with van der Waals surface area (Å²) in [5.74, 6) is -4.39. The second-order valence-electron chi connectivity index (χ2n) is 8.55. The molecular weight excluding hydrogens is 475 g/mol. The minimum Gasteiger partial charge on any atom is -0.477 e. The van der Waals surface area contributed by atoms with Gasteiger partial charge in [0.15, 0.2) is 11.6 Å². The number of aromatic nitrogens is 1. The van der Waals surface area contributed by atoms with E-state index >= 15 is 8.78 Å². The highest BCUT2D eigenvalue weighted by atomic mass is 19.4. The molecule has 2 aromatic carbocycles. The second-order valence-corrected chi connectivity index (χ2v) is 8.55. The predicted octanol–water partition coefficient (Wildman–Crippen LogP) is 3.75. The molecule has 0 spiro atoms. The van der Waals surface area contributed by atoms with Gasteiger partial charge >= 0.3 is 12.1 Å². The molecule has 4 rings (SSSR count). The van der Waals surface area contributed by atoms with Gasteiger partial charge < -0.3 is 25.6 Å². The third-order valence-corrected chi connectivity index (χ3v) is 5.91. The van der Waals surface area contributed by atoms with Crippen LogP contribution in [0.3, 0.4) is 0 Å². The molecule has 0 bridgehead atoms. The van der Waals surface area contributed by atoms with E-state index in [0.717, 1.165) is 18.2 Å². The Morgan fingerprint density at radius 2 is 1.71 bits per heavy atom. The number of benzene rings is 2. The Balaban J connectivity index is 2.18. The van der Waals surface area contributed by atoms with Crippen molar-refractivity contribution in [1.82, 2.24) is 9.88 Å². The summed E-state index contributed by atoms with van der Waals surface area (Å²) < 4.78 is 73.5. The van der Waals surface area contributed by atoms with Gasteiger partial charge in [0.2, 0.25) is 5.43 Å². The van der Waals surface area contributed by atoms with E-state index in [9.17, 15) is 27.9 Å². The molecule has 0 amide bonds. The molecule has 2 heterocycles. The molecule has 186 valence electrons. The molecule has 1 aromatic heterocycles. The quantitative estimate of drug-likeness (QED) is 0.377. The van der Waals surface area contributed by atoms with Gasteiger partial charge in [0.1, 0.15) is 11.3 Å². The summed E-state index contributed by atoms with van der Waals surface area (Å²) in [7, 11) is 0. The number of carboxylic acids is 1. The number of aromatic carboxylic acids is 1. The first-order chi connectivity index (χ1) is 16.3. The highest BCUT2D eigenvalue weighted by molar-refractivity contribution is 6.00. The number of halogens is 5. The van der Waals surface area contributed by atoms with Crippen LogP contribution in [0, 0.1) is 11.6 Å². The Morgan fingerprint density at radius 1 is 1.11 bits per heavy atom. The van der Waals surface area contributed by atoms with Crippen molar-refractivity contribution in [1.29, 1.82) is 0 Å². The topological polar surface area (TPSA) is 101 Å². The molecular formula is C23H21F5N4O3. The van der Waals surface area contributed by atoms with E-state index in [1.807, 2.05) is 0 Å². The standard InChI is InChI=1S/C23H21F5N4O3/c1-10-7-31(8-11(2)30-10)20-16(24)18(29)15-19(17(20)25)32(9-12(21(15)33)22(34)35)14-6-4-3-5-13(14)23(26,27)28/h3-6,9-11,30H,7-8,29H2,1-2H3,(H,34,35). The highest BCUT2D eigenvalue weighted by Crippen LogP contribution is 2.39. The van der Waals surface area contributed by atoms with E-state index in [1.54, 1.807) is 13.8 Å². The summed E-state index contributed by atoms with van der Waals surface area (Å²) in [6, 6.07) is 3.69. The first kappa shape index (κ1) is 24.5. The van der Waals surface area contributed by atoms with Crippen molar-refractivity contribution in [2.75, 3.05) is 23.7 Å². The molecule has 2 unspecified atom stereocenters. The van der Waals surface area contributed by atoms with Crippen LogP contribution < -0.4 is 21.4 Å². The molecule has 0 aliphatic carbocycles. The van der Waals surface area contributed by atoms with Gasteiger partial charge in [-0.1, -0.05) is 12.1 Å². The molecule has 0 saturated carbocycles. The maximum Gasteiger partial charge on any atom is 0.418 e. The Labute approximate surface area is 195 Å². The first-order valence-corrected chi connectivity index (χ1v) is 10.6. The van der Waals surface area contributed by atoms with Gasteiger partial charge in [-0.3, -0.25) is 4.79 Å². The second kappa shape index (κ2) is 8.52. The van der Waals surface area contributed by atoms with Gasteiger partial charge in [0, 0.05) is 31.4 Å². The molecule has 1 fully saturated rings. The Kier molecular flexibility index (Phi) is 5.95. The number of fused-ring (bicyclic) bond motifs is 1.